The third-order valence-corrected chi connectivity index (χ3v) is 4.59. The molecule has 2 nitrogen and oxygen atoms in total. The van der Waals surface area contributed by atoms with Crippen molar-refractivity contribution in [3.63, 3.8) is 0 Å². The van der Waals surface area contributed by atoms with E-state index in [1.165, 1.54) is 0 Å². The molecule has 0 saturated carbocycles. The van der Waals surface area contributed by atoms with Crippen LogP contribution in [0.4, 0.5) is 0 Å². The van der Waals surface area contributed by atoms with Crippen LogP contribution in [0.25, 0.3) is 11.1 Å². The van der Waals surface area contributed by atoms with E-state index in [9.17, 15) is 4.79 Å². The highest BCUT2D eigenvalue weighted by Gasteiger charge is 2.07. The zero-order valence-corrected chi connectivity index (χ0v) is 16.0. The lowest BCUT2D eigenvalue weighted by Gasteiger charge is -2.05. The Morgan fingerprint density at radius 3 is 2.12 bits per heavy atom. The van der Waals surface area contributed by atoms with E-state index in [-0.39, 0.29) is 5.78 Å². The summed E-state index contributed by atoms with van der Waals surface area (Å²) in [6.07, 6.45) is 4.47. The summed E-state index contributed by atoms with van der Waals surface area (Å²) in [7, 11) is 0. The maximum absolute atomic E-state index is 12.3. The first kappa shape index (κ1) is 17.1. The summed E-state index contributed by atoms with van der Waals surface area (Å²) in [4.78, 5) is 16.4. The Labute approximate surface area is 158 Å². The molecule has 4 heteroatoms. The summed E-state index contributed by atoms with van der Waals surface area (Å²) in [5.74, 6) is 0.203. The lowest BCUT2D eigenvalue weighted by Crippen LogP contribution is -2.06. The number of pyridine rings is 1. The van der Waals surface area contributed by atoms with Crippen LogP contribution in [-0.4, -0.2) is 10.8 Å². The monoisotopic (exact) mass is 443 g/mol. The normalized spacial score (nSPS) is 10.6. The van der Waals surface area contributed by atoms with Crippen molar-refractivity contribution in [3.8, 4) is 11.1 Å². The Hall–Kier alpha value is -1.78. The molecule has 0 atom stereocenters. The van der Waals surface area contributed by atoms with Gasteiger partial charge in [0.1, 0.15) is 5.78 Å². The van der Waals surface area contributed by atoms with Crippen LogP contribution in [0.1, 0.15) is 11.1 Å². The Kier molecular flexibility index (Phi) is 5.59. The largest absolute Gasteiger partial charge is 0.299 e. The van der Waals surface area contributed by atoms with Crippen LogP contribution < -0.4 is 0 Å². The predicted molar refractivity (Wildman–Crippen MR) is 104 cm³/mol. The fraction of sp³-hybridized carbons (Fsp3) is 0.100. The summed E-state index contributed by atoms with van der Waals surface area (Å²) in [6, 6.07) is 18.0. The first-order chi connectivity index (χ1) is 11.6. The van der Waals surface area contributed by atoms with Crippen LogP contribution in [0.15, 0.2) is 75.9 Å². The number of ketones is 1. The summed E-state index contributed by atoms with van der Waals surface area (Å²) in [5.41, 5.74) is 4.22. The van der Waals surface area contributed by atoms with E-state index in [0.29, 0.717) is 12.8 Å². The zero-order valence-electron chi connectivity index (χ0n) is 12.9. The second-order valence-corrected chi connectivity index (χ2v) is 7.44. The fourth-order valence-corrected chi connectivity index (χ4v) is 3.97. The van der Waals surface area contributed by atoms with E-state index in [4.69, 9.17) is 0 Å². The number of hydrogen-bond donors (Lipinski definition) is 0. The highest BCUT2D eigenvalue weighted by Crippen LogP contribution is 2.22. The lowest BCUT2D eigenvalue weighted by atomic mass is 10.0. The average molecular weight is 445 g/mol. The maximum Gasteiger partial charge on any atom is 0.141 e. The molecule has 2 aromatic carbocycles. The van der Waals surface area contributed by atoms with Crippen molar-refractivity contribution in [2.45, 2.75) is 12.8 Å². The molecular weight excluding hydrogens is 430 g/mol. The minimum absolute atomic E-state index is 0.203. The standard InChI is InChI=1S/C20H15Br2NO/c21-18-8-15(9-19(22)12-18)11-20(24)10-14-3-5-16(6-4-14)17-2-1-7-23-13-17/h1-9,12-13H,10-11H2. The van der Waals surface area contributed by atoms with Crippen LogP contribution in [0.3, 0.4) is 0 Å². The molecule has 0 aliphatic carbocycles. The van der Waals surface area contributed by atoms with Crippen molar-refractivity contribution in [3.05, 3.63) is 87.1 Å². The minimum Gasteiger partial charge on any atom is -0.299 e. The van der Waals surface area contributed by atoms with E-state index in [1.54, 1.807) is 6.20 Å². The zero-order chi connectivity index (χ0) is 16.9. The van der Waals surface area contributed by atoms with Crippen molar-refractivity contribution in [2.24, 2.45) is 0 Å². The highest BCUT2D eigenvalue weighted by atomic mass is 79.9. The van der Waals surface area contributed by atoms with Gasteiger partial charge in [0.25, 0.3) is 0 Å². The molecule has 0 aliphatic heterocycles. The fourth-order valence-electron chi connectivity index (χ4n) is 2.58. The van der Waals surface area contributed by atoms with E-state index >= 15 is 0 Å². The van der Waals surface area contributed by atoms with Gasteiger partial charge < -0.3 is 0 Å². The van der Waals surface area contributed by atoms with E-state index in [1.807, 2.05) is 60.8 Å². The molecule has 0 bridgehead atoms. The number of carbonyl (C=O) groups excluding carboxylic acids is 1. The molecule has 3 aromatic rings. The molecule has 0 saturated heterocycles. The Bertz CT molecular complexity index is 825. The number of hydrogen-bond acceptors (Lipinski definition) is 2. The summed E-state index contributed by atoms with van der Waals surface area (Å²) < 4.78 is 1.95. The molecule has 1 aromatic heterocycles. The molecule has 120 valence electrons. The maximum atomic E-state index is 12.3. The number of aromatic nitrogens is 1. The Balaban J connectivity index is 1.66. The van der Waals surface area contributed by atoms with Gasteiger partial charge in [0.05, 0.1) is 0 Å². The van der Waals surface area contributed by atoms with Crippen molar-refractivity contribution in [1.29, 1.82) is 0 Å². The Morgan fingerprint density at radius 2 is 1.50 bits per heavy atom. The van der Waals surface area contributed by atoms with Gasteiger partial charge in [-0.3, -0.25) is 9.78 Å². The molecule has 0 radical (unpaired) electrons. The number of rotatable bonds is 5. The van der Waals surface area contributed by atoms with Gasteiger partial charge in [-0.05, 0) is 46.5 Å². The molecule has 0 unspecified atom stereocenters. The second-order valence-electron chi connectivity index (χ2n) is 5.61. The van der Waals surface area contributed by atoms with Crippen LogP contribution in [-0.2, 0) is 17.6 Å². The van der Waals surface area contributed by atoms with Gasteiger partial charge in [-0.1, -0.05) is 62.2 Å². The third-order valence-electron chi connectivity index (χ3n) is 3.67. The van der Waals surface area contributed by atoms with E-state index < -0.39 is 0 Å². The van der Waals surface area contributed by atoms with Crippen molar-refractivity contribution in [1.82, 2.24) is 4.98 Å². The lowest BCUT2D eigenvalue weighted by molar-refractivity contribution is -0.117. The molecular formula is C20H15Br2NO. The van der Waals surface area contributed by atoms with Gasteiger partial charge in [0.2, 0.25) is 0 Å². The number of Topliss-reactive ketones (excluding diaryl/α,β-unsaturated/α-hetero) is 1. The SMILES string of the molecule is O=C(Cc1ccc(-c2cccnc2)cc1)Cc1cc(Br)cc(Br)c1. The van der Waals surface area contributed by atoms with Crippen molar-refractivity contribution >= 4 is 37.6 Å². The molecule has 0 amide bonds. The van der Waals surface area contributed by atoms with Crippen molar-refractivity contribution in [2.75, 3.05) is 0 Å². The Morgan fingerprint density at radius 1 is 0.833 bits per heavy atom. The van der Waals surface area contributed by atoms with Gasteiger partial charge in [0, 0.05) is 34.2 Å². The van der Waals surface area contributed by atoms with Crippen LogP contribution in [0.5, 0.6) is 0 Å². The van der Waals surface area contributed by atoms with Gasteiger partial charge >= 0.3 is 0 Å². The molecule has 0 fully saturated rings. The summed E-state index contributed by atoms with van der Waals surface area (Å²) in [6.45, 7) is 0. The minimum atomic E-state index is 0.203. The number of carbonyl (C=O) groups is 1. The van der Waals surface area contributed by atoms with Gasteiger partial charge in [-0.2, -0.15) is 0 Å². The number of benzene rings is 2. The third kappa shape index (κ3) is 4.62. The molecule has 0 N–H and O–H groups in total. The summed E-state index contributed by atoms with van der Waals surface area (Å²) in [5, 5.41) is 0. The van der Waals surface area contributed by atoms with E-state index in [2.05, 4.69) is 36.8 Å². The first-order valence-corrected chi connectivity index (χ1v) is 9.15. The van der Waals surface area contributed by atoms with Crippen LogP contribution in [0.2, 0.25) is 0 Å². The molecule has 0 spiro atoms. The quantitative estimate of drug-likeness (QED) is 0.510. The topological polar surface area (TPSA) is 30.0 Å². The van der Waals surface area contributed by atoms with Gasteiger partial charge in [-0.25, -0.2) is 0 Å². The molecule has 24 heavy (non-hydrogen) atoms. The predicted octanol–water partition coefficient (Wildman–Crippen LogP) is 5.63. The second kappa shape index (κ2) is 7.86. The summed E-state index contributed by atoms with van der Waals surface area (Å²) >= 11 is 6.91. The van der Waals surface area contributed by atoms with Gasteiger partial charge in [0.15, 0.2) is 0 Å². The van der Waals surface area contributed by atoms with E-state index in [0.717, 1.165) is 31.2 Å². The highest BCUT2D eigenvalue weighted by molar-refractivity contribution is 9.11. The average Bonchev–Trinajstić information content (AvgIpc) is 2.55. The van der Waals surface area contributed by atoms with Crippen molar-refractivity contribution < 1.29 is 4.79 Å². The molecule has 1 heterocycles. The van der Waals surface area contributed by atoms with Crippen LogP contribution >= 0.6 is 31.9 Å². The number of halogens is 2. The molecule has 3 rings (SSSR count). The first-order valence-electron chi connectivity index (χ1n) is 7.56. The van der Waals surface area contributed by atoms with Crippen LogP contribution in [0, 0.1) is 0 Å². The van der Waals surface area contributed by atoms with Gasteiger partial charge in [-0.15, -0.1) is 0 Å². The number of nitrogens with zero attached hydrogens (tertiary/aromatic N) is 1. The molecule has 0 aliphatic rings. The smallest absolute Gasteiger partial charge is 0.141 e.